The zero-order chi connectivity index (χ0) is 8.85. The largest absolute Gasteiger partial charge is 0.391 e. The van der Waals surface area contributed by atoms with Gasteiger partial charge >= 0.3 is 0 Å². The molecule has 0 radical (unpaired) electrons. The fourth-order valence-electron chi connectivity index (χ4n) is 0.829. The van der Waals surface area contributed by atoms with Gasteiger partial charge in [-0.15, -0.1) is 0 Å². The van der Waals surface area contributed by atoms with E-state index in [0.29, 0.717) is 6.42 Å². The van der Waals surface area contributed by atoms with E-state index in [1.807, 2.05) is 6.92 Å². The van der Waals surface area contributed by atoms with Crippen LogP contribution < -0.4 is 11.1 Å². The maximum atomic E-state index is 10.7. The van der Waals surface area contributed by atoms with Gasteiger partial charge in [-0.3, -0.25) is 4.79 Å². The number of amides is 1. The molecule has 0 saturated carbocycles. The second kappa shape index (κ2) is 5.09. The summed E-state index contributed by atoms with van der Waals surface area (Å²) in [5.74, 6) is -0.224. The summed E-state index contributed by atoms with van der Waals surface area (Å²) < 4.78 is 0. The van der Waals surface area contributed by atoms with Gasteiger partial charge in [0.1, 0.15) is 0 Å². The topological polar surface area (TPSA) is 75.4 Å². The summed E-state index contributed by atoms with van der Waals surface area (Å²) in [5.41, 5.74) is 5.08. The van der Waals surface area contributed by atoms with Crippen molar-refractivity contribution in [3.8, 4) is 0 Å². The normalized spacial score (nSPS) is 15.6. The molecule has 4 N–H and O–H groups in total. The third-order valence-electron chi connectivity index (χ3n) is 1.55. The van der Waals surface area contributed by atoms with Crippen molar-refractivity contribution >= 4 is 5.91 Å². The molecular weight excluding hydrogens is 144 g/mol. The Morgan fingerprint density at radius 2 is 2.27 bits per heavy atom. The molecule has 0 aliphatic carbocycles. The van der Waals surface area contributed by atoms with Crippen LogP contribution >= 0.6 is 0 Å². The Hall–Kier alpha value is -0.610. The quantitative estimate of drug-likeness (QED) is 0.505. The van der Waals surface area contributed by atoms with Crippen molar-refractivity contribution in [3.05, 3.63) is 0 Å². The number of hydrogen-bond acceptors (Lipinski definition) is 3. The van der Waals surface area contributed by atoms with Crippen molar-refractivity contribution in [2.24, 2.45) is 5.73 Å². The molecule has 0 fully saturated rings. The molecule has 0 aromatic carbocycles. The van der Waals surface area contributed by atoms with Crippen LogP contribution in [0.2, 0.25) is 0 Å². The van der Waals surface area contributed by atoms with Crippen LogP contribution in [0, 0.1) is 0 Å². The van der Waals surface area contributed by atoms with E-state index in [4.69, 9.17) is 10.8 Å². The SMILES string of the molecule is CCC(NC(=O)CN)C(C)O. The maximum Gasteiger partial charge on any atom is 0.234 e. The summed E-state index contributed by atoms with van der Waals surface area (Å²) in [4.78, 5) is 10.7. The molecule has 0 aromatic heterocycles. The van der Waals surface area contributed by atoms with Crippen LogP contribution in [0.3, 0.4) is 0 Å². The first-order valence-corrected chi connectivity index (χ1v) is 3.79. The Kier molecular flexibility index (Phi) is 4.81. The first-order valence-electron chi connectivity index (χ1n) is 3.79. The van der Waals surface area contributed by atoms with Crippen molar-refractivity contribution in [3.63, 3.8) is 0 Å². The monoisotopic (exact) mass is 160 g/mol. The second-order valence-electron chi connectivity index (χ2n) is 2.53. The van der Waals surface area contributed by atoms with E-state index in [9.17, 15) is 4.79 Å². The Labute approximate surface area is 66.8 Å². The third-order valence-corrected chi connectivity index (χ3v) is 1.55. The van der Waals surface area contributed by atoms with Crippen LogP contribution in [-0.4, -0.2) is 29.7 Å². The molecule has 2 atom stereocenters. The summed E-state index contributed by atoms with van der Waals surface area (Å²) in [6.07, 6.45) is 0.194. The summed E-state index contributed by atoms with van der Waals surface area (Å²) in [5, 5.41) is 11.7. The predicted molar refractivity (Wildman–Crippen MR) is 43.0 cm³/mol. The average molecular weight is 160 g/mol. The van der Waals surface area contributed by atoms with Crippen LogP contribution in [0.1, 0.15) is 20.3 Å². The van der Waals surface area contributed by atoms with Gasteiger partial charge in [0, 0.05) is 0 Å². The van der Waals surface area contributed by atoms with E-state index < -0.39 is 6.10 Å². The molecule has 0 aliphatic heterocycles. The highest BCUT2D eigenvalue weighted by molar-refractivity contribution is 5.78. The van der Waals surface area contributed by atoms with E-state index in [2.05, 4.69) is 5.32 Å². The van der Waals surface area contributed by atoms with Gasteiger partial charge in [0.2, 0.25) is 5.91 Å². The lowest BCUT2D eigenvalue weighted by molar-refractivity contribution is -0.121. The van der Waals surface area contributed by atoms with Gasteiger partial charge in [-0.2, -0.15) is 0 Å². The second-order valence-corrected chi connectivity index (χ2v) is 2.53. The number of aliphatic hydroxyl groups excluding tert-OH is 1. The number of carbonyl (C=O) groups excluding carboxylic acids is 1. The molecule has 0 heterocycles. The van der Waals surface area contributed by atoms with Crippen LogP contribution in [0.4, 0.5) is 0 Å². The average Bonchev–Trinajstić information content (AvgIpc) is 1.99. The van der Waals surface area contributed by atoms with Gasteiger partial charge in [-0.1, -0.05) is 6.92 Å². The molecule has 2 unspecified atom stereocenters. The van der Waals surface area contributed by atoms with Gasteiger partial charge < -0.3 is 16.2 Å². The molecule has 0 saturated heterocycles. The Bertz CT molecular complexity index is 126. The van der Waals surface area contributed by atoms with Gasteiger partial charge in [-0.05, 0) is 13.3 Å². The number of carbonyl (C=O) groups is 1. The van der Waals surface area contributed by atoms with Crippen LogP contribution in [0.5, 0.6) is 0 Å². The zero-order valence-corrected chi connectivity index (χ0v) is 7.00. The maximum absolute atomic E-state index is 10.7. The zero-order valence-electron chi connectivity index (χ0n) is 7.00. The lowest BCUT2D eigenvalue weighted by atomic mass is 10.1. The smallest absolute Gasteiger partial charge is 0.234 e. The Morgan fingerprint density at radius 3 is 2.55 bits per heavy atom. The number of rotatable bonds is 4. The van der Waals surface area contributed by atoms with Crippen LogP contribution in [-0.2, 0) is 4.79 Å². The van der Waals surface area contributed by atoms with Gasteiger partial charge in [-0.25, -0.2) is 0 Å². The lowest BCUT2D eigenvalue weighted by Crippen LogP contribution is -2.44. The number of nitrogens with one attached hydrogen (secondary N) is 1. The molecule has 66 valence electrons. The molecular formula is C7H16N2O2. The molecule has 1 amide bonds. The lowest BCUT2D eigenvalue weighted by Gasteiger charge is -2.18. The highest BCUT2D eigenvalue weighted by atomic mass is 16.3. The van der Waals surface area contributed by atoms with E-state index in [1.54, 1.807) is 6.92 Å². The Balaban J connectivity index is 3.78. The van der Waals surface area contributed by atoms with Crippen LogP contribution in [0.15, 0.2) is 0 Å². The predicted octanol–water partition coefficient (Wildman–Crippen LogP) is -0.779. The third kappa shape index (κ3) is 3.95. The first kappa shape index (κ1) is 10.4. The molecule has 0 bridgehead atoms. The molecule has 4 nitrogen and oxygen atoms in total. The van der Waals surface area contributed by atoms with E-state index in [-0.39, 0.29) is 18.5 Å². The van der Waals surface area contributed by atoms with Crippen molar-refractivity contribution < 1.29 is 9.90 Å². The minimum Gasteiger partial charge on any atom is -0.391 e. The van der Waals surface area contributed by atoms with Crippen molar-refractivity contribution in [2.75, 3.05) is 6.54 Å². The van der Waals surface area contributed by atoms with Crippen LogP contribution in [0.25, 0.3) is 0 Å². The molecule has 0 rings (SSSR count). The fourth-order valence-corrected chi connectivity index (χ4v) is 0.829. The highest BCUT2D eigenvalue weighted by Crippen LogP contribution is 1.96. The summed E-state index contributed by atoms with van der Waals surface area (Å²) in [6, 6.07) is -0.175. The molecule has 11 heavy (non-hydrogen) atoms. The summed E-state index contributed by atoms with van der Waals surface area (Å²) in [6.45, 7) is 3.52. The van der Waals surface area contributed by atoms with Crippen molar-refractivity contribution in [1.29, 1.82) is 0 Å². The minimum absolute atomic E-state index is 0.0246. The fraction of sp³-hybridized carbons (Fsp3) is 0.857. The van der Waals surface area contributed by atoms with Gasteiger partial charge in [0.25, 0.3) is 0 Å². The molecule has 0 aliphatic rings. The minimum atomic E-state index is -0.518. The van der Waals surface area contributed by atoms with Crippen molar-refractivity contribution in [1.82, 2.24) is 5.32 Å². The highest BCUT2D eigenvalue weighted by Gasteiger charge is 2.13. The number of hydrogen-bond donors (Lipinski definition) is 3. The van der Waals surface area contributed by atoms with E-state index in [0.717, 1.165) is 0 Å². The molecule has 0 aromatic rings. The Morgan fingerprint density at radius 1 is 1.73 bits per heavy atom. The first-order chi connectivity index (χ1) is 5.11. The van der Waals surface area contributed by atoms with E-state index in [1.165, 1.54) is 0 Å². The van der Waals surface area contributed by atoms with Crippen molar-refractivity contribution in [2.45, 2.75) is 32.4 Å². The number of aliphatic hydroxyl groups is 1. The van der Waals surface area contributed by atoms with E-state index >= 15 is 0 Å². The summed E-state index contributed by atoms with van der Waals surface area (Å²) >= 11 is 0. The summed E-state index contributed by atoms with van der Waals surface area (Å²) in [7, 11) is 0. The van der Waals surface area contributed by atoms with Gasteiger partial charge in [0.15, 0.2) is 0 Å². The molecule has 0 spiro atoms. The number of nitrogens with two attached hydrogens (primary N) is 1. The molecule has 4 heteroatoms. The van der Waals surface area contributed by atoms with Gasteiger partial charge in [0.05, 0.1) is 18.7 Å². The standard InChI is InChI=1S/C7H16N2O2/c1-3-6(5(2)10)9-7(11)4-8/h5-6,10H,3-4,8H2,1-2H3,(H,9,11).